The van der Waals surface area contributed by atoms with Crippen molar-refractivity contribution in [3.05, 3.63) is 33.8 Å². The molecule has 0 saturated carbocycles. The minimum atomic E-state index is -3.66. The molecule has 4 rings (SSSR count). The van der Waals surface area contributed by atoms with E-state index in [0.717, 1.165) is 49.5 Å². The van der Waals surface area contributed by atoms with Gasteiger partial charge in [-0.15, -0.1) is 11.3 Å². The van der Waals surface area contributed by atoms with Crippen molar-refractivity contribution in [2.75, 3.05) is 49.6 Å². The van der Waals surface area contributed by atoms with E-state index in [0.29, 0.717) is 42.6 Å². The van der Waals surface area contributed by atoms with Gasteiger partial charge in [0.2, 0.25) is 10.0 Å². The molecule has 174 valence electrons. The molecule has 8 nitrogen and oxygen atoms in total. The van der Waals surface area contributed by atoms with Crippen molar-refractivity contribution in [2.45, 2.75) is 44.4 Å². The molecular weight excluding hydrogens is 448 g/mol. The maximum Gasteiger partial charge on any atom is 0.267 e. The summed E-state index contributed by atoms with van der Waals surface area (Å²) in [6.07, 6.45) is 3.96. The molecule has 2 fully saturated rings. The molecule has 2 saturated heterocycles. The number of carbonyl (C=O) groups excluding carboxylic acids is 1. The van der Waals surface area contributed by atoms with Crippen molar-refractivity contribution < 1.29 is 17.9 Å². The number of ether oxygens (including phenoxy) is 1. The van der Waals surface area contributed by atoms with Crippen LogP contribution in [0.1, 0.15) is 46.6 Å². The first-order valence-corrected chi connectivity index (χ1v) is 13.4. The zero-order valence-corrected chi connectivity index (χ0v) is 20.2. The first kappa shape index (κ1) is 23.2. The van der Waals surface area contributed by atoms with Gasteiger partial charge in [-0.1, -0.05) is 6.92 Å². The zero-order valence-electron chi connectivity index (χ0n) is 18.6. The molecule has 2 aliphatic heterocycles. The Hall–Kier alpha value is -2.01. The van der Waals surface area contributed by atoms with Gasteiger partial charge in [-0.05, 0) is 50.8 Å². The fourth-order valence-electron chi connectivity index (χ4n) is 4.11. The molecule has 0 unspecified atom stereocenters. The number of nitrogens with zero attached hydrogens (tertiary/aromatic N) is 3. The summed E-state index contributed by atoms with van der Waals surface area (Å²) in [4.78, 5) is 20.6. The van der Waals surface area contributed by atoms with Crippen LogP contribution in [0.15, 0.2) is 23.1 Å². The second-order valence-corrected chi connectivity index (χ2v) is 11.1. The van der Waals surface area contributed by atoms with Gasteiger partial charge in [0, 0.05) is 26.2 Å². The lowest BCUT2D eigenvalue weighted by molar-refractivity contribution is 0.0730. The average Bonchev–Trinajstić information content (AvgIpc) is 3.44. The Morgan fingerprint density at radius 1 is 1.19 bits per heavy atom. The third-order valence-corrected chi connectivity index (χ3v) is 8.89. The summed E-state index contributed by atoms with van der Waals surface area (Å²) in [5.41, 5.74) is 2.08. The Labute approximate surface area is 193 Å². The van der Waals surface area contributed by atoms with E-state index in [-0.39, 0.29) is 10.8 Å². The SMILES string of the molecule is CCCc1nc(C)c(C(=O)Nc2cc(S(=O)(=O)N3CCOCC3)ccc2N2CCCC2)s1. The van der Waals surface area contributed by atoms with Crippen molar-refractivity contribution in [1.29, 1.82) is 0 Å². The summed E-state index contributed by atoms with van der Waals surface area (Å²) in [6.45, 7) is 7.14. The molecule has 2 aromatic rings. The molecular formula is C22H30N4O4S2. The summed E-state index contributed by atoms with van der Waals surface area (Å²) in [6, 6.07) is 5.06. The van der Waals surface area contributed by atoms with Gasteiger partial charge in [0.05, 0.1) is 40.2 Å². The molecule has 10 heteroatoms. The number of aryl methyl sites for hydroxylation is 2. The Morgan fingerprint density at radius 2 is 1.91 bits per heavy atom. The van der Waals surface area contributed by atoms with Crippen LogP contribution in [0.5, 0.6) is 0 Å². The van der Waals surface area contributed by atoms with Crippen molar-refractivity contribution in [1.82, 2.24) is 9.29 Å². The summed E-state index contributed by atoms with van der Waals surface area (Å²) in [5, 5.41) is 3.94. The van der Waals surface area contributed by atoms with E-state index in [1.54, 1.807) is 12.1 Å². The lowest BCUT2D eigenvalue weighted by Gasteiger charge is -2.27. The first-order valence-electron chi connectivity index (χ1n) is 11.1. The van der Waals surface area contributed by atoms with E-state index < -0.39 is 10.0 Å². The minimum absolute atomic E-state index is 0.186. The molecule has 1 aromatic carbocycles. The summed E-state index contributed by atoms with van der Waals surface area (Å²) >= 11 is 1.40. The first-order chi connectivity index (χ1) is 15.4. The topological polar surface area (TPSA) is 91.8 Å². The monoisotopic (exact) mass is 478 g/mol. The smallest absolute Gasteiger partial charge is 0.267 e. The number of rotatable bonds is 7. The maximum absolute atomic E-state index is 13.2. The Kier molecular flexibility index (Phi) is 7.14. The third kappa shape index (κ3) is 4.83. The predicted molar refractivity (Wildman–Crippen MR) is 126 cm³/mol. The molecule has 0 atom stereocenters. The van der Waals surface area contributed by atoms with Gasteiger partial charge in [-0.25, -0.2) is 13.4 Å². The lowest BCUT2D eigenvalue weighted by atomic mass is 10.2. The van der Waals surface area contributed by atoms with Crippen LogP contribution in [0.2, 0.25) is 0 Å². The van der Waals surface area contributed by atoms with Gasteiger partial charge in [-0.3, -0.25) is 4.79 Å². The van der Waals surface area contributed by atoms with E-state index in [2.05, 4.69) is 22.1 Å². The van der Waals surface area contributed by atoms with Gasteiger partial charge >= 0.3 is 0 Å². The number of carbonyl (C=O) groups is 1. The molecule has 1 amide bonds. The van der Waals surface area contributed by atoms with Crippen LogP contribution in [0, 0.1) is 6.92 Å². The van der Waals surface area contributed by atoms with E-state index in [1.165, 1.54) is 15.6 Å². The number of sulfonamides is 1. The quantitative estimate of drug-likeness (QED) is 0.657. The zero-order chi connectivity index (χ0) is 22.7. The Bertz CT molecular complexity index is 1070. The average molecular weight is 479 g/mol. The molecule has 1 N–H and O–H groups in total. The predicted octanol–water partition coefficient (Wildman–Crippen LogP) is 3.28. The highest BCUT2D eigenvalue weighted by molar-refractivity contribution is 7.89. The van der Waals surface area contributed by atoms with Crippen molar-refractivity contribution in [2.24, 2.45) is 0 Å². The summed E-state index contributed by atoms with van der Waals surface area (Å²) < 4.78 is 33.1. The fourth-order valence-corrected chi connectivity index (χ4v) is 6.60. The molecule has 0 spiro atoms. The van der Waals surface area contributed by atoms with Crippen LogP contribution in [0.3, 0.4) is 0 Å². The van der Waals surface area contributed by atoms with Gasteiger partial charge in [0.25, 0.3) is 5.91 Å². The summed E-state index contributed by atoms with van der Waals surface area (Å²) in [7, 11) is -3.66. The second kappa shape index (κ2) is 9.86. The van der Waals surface area contributed by atoms with Crippen LogP contribution in [-0.4, -0.2) is 63.0 Å². The highest BCUT2D eigenvalue weighted by Crippen LogP contribution is 2.33. The molecule has 0 radical (unpaired) electrons. The van der Waals surface area contributed by atoms with Crippen molar-refractivity contribution >= 4 is 38.6 Å². The highest BCUT2D eigenvalue weighted by atomic mass is 32.2. The van der Waals surface area contributed by atoms with Gasteiger partial charge < -0.3 is 15.0 Å². The fraction of sp³-hybridized carbons (Fsp3) is 0.545. The molecule has 0 bridgehead atoms. The van der Waals surface area contributed by atoms with Crippen LogP contribution < -0.4 is 10.2 Å². The molecule has 32 heavy (non-hydrogen) atoms. The van der Waals surface area contributed by atoms with Crippen LogP contribution in [0.4, 0.5) is 11.4 Å². The number of aromatic nitrogens is 1. The molecule has 2 aliphatic rings. The number of benzene rings is 1. The second-order valence-electron chi connectivity index (χ2n) is 8.12. The number of hydrogen-bond acceptors (Lipinski definition) is 7. The standard InChI is InChI=1S/C22H30N4O4S2/c1-3-6-20-23-16(2)21(31-20)22(27)24-18-15-17(7-8-19(18)25-9-4-5-10-25)32(28,29)26-11-13-30-14-12-26/h7-8,15H,3-6,9-14H2,1-2H3,(H,24,27). The van der Waals surface area contributed by atoms with Gasteiger partial charge in [0.1, 0.15) is 4.88 Å². The highest BCUT2D eigenvalue weighted by Gasteiger charge is 2.28. The Balaban J connectivity index is 1.66. The maximum atomic E-state index is 13.2. The van der Waals surface area contributed by atoms with Crippen LogP contribution in [-0.2, 0) is 21.2 Å². The van der Waals surface area contributed by atoms with E-state index in [1.807, 2.05) is 13.0 Å². The molecule has 0 aliphatic carbocycles. The van der Waals surface area contributed by atoms with Crippen molar-refractivity contribution in [3.63, 3.8) is 0 Å². The van der Waals surface area contributed by atoms with Gasteiger partial charge in [0.15, 0.2) is 0 Å². The number of hydrogen-bond donors (Lipinski definition) is 1. The molecule has 1 aromatic heterocycles. The number of amides is 1. The number of thiazole rings is 1. The van der Waals surface area contributed by atoms with E-state index >= 15 is 0 Å². The number of nitrogens with one attached hydrogen (secondary N) is 1. The molecule has 3 heterocycles. The van der Waals surface area contributed by atoms with E-state index in [4.69, 9.17) is 4.74 Å². The third-order valence-electron chi connectivity index (χ3n) is 5.78. The van der Waals surface area contributed by atoms with Crippen molar-refractivity contribution in [3.8, 4) is 0 Å². The normalized spacial score (nSPS) is 17.6. The van der Waals surface area contributed by atoms with Gasteiger partial charge in [-0.2, -0.15) is 4.31 Å². The van der Waals surface area contributed by atoms with Crippen LogP contribution in [0.25, 0.3) is 0 Å². The Morgan fingerprint density at radius 3 is 2.59 bits per heavy atom. The van der Waals surface area contributed by atoms with Crippen LogP contribution >= 0.6 is 11.3 Å². The number of anilines is 2. The minimum Gasteiger partial charge on any atom is -0.379 e. The largest absolute Gasteiger partial charge is 0.379 e. The van der Waals surface area contributed by atoms with E-state index in [9.17, 15) is 13.2 Å². The summed E-state index contributed by atoms with van der Waals surface area (Å²) in [5.74, 6) is -0.247. The number of morpholine rings is 1. The lowest BCUT2D eigenvalue weighted by Crippen LogP contribution is -2.40.